The highest BCUT2D eigenvalue weighted by atomic mass is 35.5. The Morgan fingerprint density at radius 3 is 2.48 bits per heavy atom. The van der Waals surface area contributed by atoms with Crippen LogP contribution in [0.1, 0.15) is 5.76 Å². The minimum atomic E-state index is -0.385. The molecule has 2 aromatic carbocycles. The second-order valence-electron chi connectivity index (χ2n) is 5.47. The van der Waals surface area contributed by atoms with Crippen molar-refractivity contribution in [1.82, 2.24) is 5.32 Å². The molecular weight excluding hydrogens is 403 g/mol. The van der Waals surface area contributed by atoms with Crippen molar-refractivity contribution < 1.29 is 9.21 Å². The average molecular weight is 417 g/mol. The molecule has 0 saturated heterocycles. The minimum absolute atomic E-state index is 0.152. The van der Waals surface area contributed by atoms with E-state index in [0.29, 0.717) is 27.3 Å². The van der Waals surface area contributed by atoms with Gasteiger partial charge in [0.05, 0.1) is 10.7 Å². The molecule has 0 unspecified atom stereocenters. The van der Waals surface area contributed by atoms with Crippen molar-refractivity contribution >= 4 is 58.2 Å². The van der Waals surface area contributed by atoms with Crippen molar-refractivity contribution in [1.29, 1.82) is 0 Å². The molecule has 0 aliphatic carbocycles. The van der Waals surface area contributed by atoms with Crippen molar-refractivity contribution in [2.75, 3.05) is 5.32 Å². The van der Waals surface area contributed by atoms with E-state index in [0.717, 1.165) is 5.56 Å². The maximum absolute atomic E-state index is 12.0. The molecule has 1 heterocycles. The number of anilines is 1. The lowest BCUT2D eigenvalue weighted by Gasteiger charge is -2.09. The Kier molecular flexibility index (Phi) is 6.29. The maximum atomic E-state index is 12.0. The van der Waals surface area contributed by atoms with Crippen molar-refractivity contribution in [3.63, 3.8) is 0 Å². The molecular formula is C20H14Cl2N2O2S. The Balaban J connectivity index is 1.58. The lowest BCUT2D eigenvalue weighted by molar-refractivity contribution is -0.115. The monoisotopic (exact) mass is 416 g/mol. The van der Waals surface area contributed by atoms with E-state index >= 15 is 0 Å². The molecule has 0 bridgehead atoms. The molecule has 27 heavy (non-hydrogen) atoms. The van der Waals surface area contributed by atoms with E-state index in [-0.39, 0.29) is 11.0 Å². The molecule has 1 amide bonds. The number of nitrogens with one attached hydrogen (secondary N) is 2. The third-order valence-electron chi connectivity index (χ3n) is 3.51. The van der Waals surface area contributed by atoms with Crippen LogP contribution in [-0.2, 0) is 4.79 Å². The van der Waals surface area contributed by atoms with Gasteiger partial charge in [0.15, 0.2) is 5.11 Å². The van der Waals surface area contributed by atoms with Gasteiger partial charge in [-0.2, -0.15) is 0 Å². The van der Waals surface area contributed by atoms with Crippen LogP contribution in [-0.4, -0.2) is 11.0 Å². The number of carbonyl (C=O) groups excluding carboxylic acids is 1. The van der Waals surface area contributed by atoms with Crippen molar-refractivity contribution in [2.45, 2.75) is 0 Å². The Morgan fingerprint density at radius 1 is 1.00 bits per heavy atom. The Bertz CT molecular complexity index is 997. The van der Waals surface area contributed by atoms with Gasteiger partial charge in [-0.15, -0.1) is 0 Å². The van der Waals surface area contributed by atoms with E-state index in [2.05, 4.69) is 10.6 Å². The highest BCUT2D eigenvalue weighted by Crippen LogP contribution is 2.24. The quantitative estimate of drug-likeness (QED) is 0.418. The number of furan rings is 1. The zero-order valence-corrected chi connectivity index (χ0v) is 16.2. The lowest BCUT2D eigenvalue weighted by atomic mass is 10.2. The van der Waals surface area contributed by atoms with Gasteiger partial charge in [0, 0.05) is 16.7 Å². The molecule has 136 valence electrons. The van der Waals surface area contributed by atoms with Gasteiger partial charge in [-0.1, -0.05) is 35.3 Å². The molecule has 2 N–H and O–H groups in total. The standard InChI is InChI=1S/C20H14Cl2N2O2S/c21-14-7-5-13(6-8-14)18-11-9-15(26-18)10-12-19(25)24-20(27)23-17-4-2-1-3-16(17)22/h1-12H,(H2,23,24,25,27). The molecule has 4 nitrogen and oxygen atoms in total. The first-order valence-corrected chi connectivity index (χ1v) is 9.08. The topological polar surface area (TPSA) is 54.3 Å². The molecule has 0 radical (unpaired) electrons. The van der Waals surface area contributed by atoms with Crippen LogP contribution in [0.15, 0.2) is 71.2 Å². The summed E-state index contributed by atoms with van der Waals surface area (Å²) < 4.78 is 5.70. The number of halogens is 2. The number of hydrogen-bond donors (Lipinski definition) is 2. The van der Waals surface area contributed by atoms with Gasteiger partial charge in [0.2, 0.25) is 5.91 Å². The number of thiocarbonyl (C=S) groups is 1. The van der Waals surface area contributed by atoms with Gasteiger partial charge < -0.3 is 9.73 Å². The zero-order chi connectivity index (χ0) is 19.2. The Morgan fingerprint density at radius 2 is 1.74 bits per heavy atom. The first kappa shape index (κ1) is 19.2. The summed E-state index contributed by atoms with van der Waals surface area (Å²) in [6.07, 6.45) is 2.90. The molecule has 0 aliphatic rings. The summed E-state index contributed by atoms with van der Waals surface area (Å²) in [5.41, 5.74) is 1.51. The minimum Gasteiger partial charge on any atom is -0.457 e. The zero-order valence-electron chi connectivity index (χ0n) is 13.9. The molecule has 0 saturated carbocycles. The first-order valence-electron chi connectivity index (χ1n) is 7.91. The predicted molar refractivity (Wildman–Crippen MR) is 114 cm³/mol. The number of hydrogen-bond acceptors (Lipinski definition) is 3. The summed E-state index contributed by atoms with van der Waals surface area (Å²) >= 11 is 17.0. The van der Waals surface area contributed by atoms with Gasteiger partial charge in [0.25, 0.3) is 0 Å². The molecule has 3 aromatic rings. The second kappa shape index (κ2) is 8.86. The van der Waals surface area contributed by atoms with Crippen LogP contribution >= 0.6 is 35.4 Å². The van der Waals surface area contributed by atoms with Crippen LogP contribution in [0.25, 0.3) is 17.4 Å². The van der Waals surface area contributed by atoms with Crippen LogP contribution in [0, 0.1) is 0 Å². The summed E-state index contributed by atoms with van der Waals surface area (Å²) in [6, 6.07) is 18.0. The normalized spacial score (nSPS) is 10.7. The third-order valence-corrected chi connectivity index (χ3v) is 4.30. The number of carbonyl (C=O) groups is 1. The van der Waals surface area contributed by atoms with Crippen LogP contribution in [0.4, 0.5) is 5.69 Å². The number of para-hydroxylation sites is 1. The van der Waals surface area contributed by atoms with Crippen LogP contribution in [0.2, 0.25) is 10.0 Å². The highest BCUT2D eigenvalue weighted by Gasteiger charge is 2.06. The Labute approximate surface area is 171 Å². The fourth-order valence-corrected chi connectivity index (χ4v) is 2.76. The molecule has 1 aromatic heterocycles. The summed E-state index contributed by atoms with van der Waals surface area (Å²) in [5, 5.41) is 6.74. The fraction of sp³-hybridized carbons (Fsp3) is 0. The summed E-state index contributed by atoms with van der Waals surface area (Å²) in [4.78, 5) is 12.0. The van der Waals surface area contributed by atoms with Crippen LogP contribution < -0.4 is 10.6 Å². The second-order valence-corrected chi connectivity index (χ2v) is 6.72. The van der Waals surface area contributed by atoms with Crippen LogP contribution in [0.5, 0.6) is 0 Å². The number of benzene rings is 2. The van der Waals surface area contributed by atoms with Crippen molar-refractivity contribution in [3.8, 4) is 11.3 Å². The van der Waals surface area contributed by atoms with E-state index < -0.39 is 0 Å². The molecule has 0 fully saturated rings. The van der Waals surface area contributed by atoms with Crippen molar-refractivity contribution in [2.24, 2.45) is 0 Å². The lowest BCUT2D eigenvalue weighted by Crippen LogP contribution is -2.32. The van der Waals surface area contributed by atoms with E-state index in [9.17, 15) is 4.79 Å². The molecule has 3 rings (SSSR count). The van der Waals surface area contributed by atoms with Crippen molar-refractivity contribution in [3.05, 3.63) is 82.5 Å². The largest absolute Gasteiger partial charge is 0.457 e. The van der Waals surface area contributed by atoms with E-state index in [1.165, 1.54) is 6.08 Å². The van der Waals surface area contributed by atoms with Gasteiger partial charge in [0.1, 0.15) is 11.5 Å². The molecule has 0 aliphatic heterocycles. The van der Waals surface area contributed by atoms with Gasteiger partial charge in [-0.3, -0.25) is 10.1 Å². The van der Waals surface area contributed by atoms with Crippen LogP contribution in [0.3, 0.4) is 0 Å². The number of rotatable bonds is 4. The average Bonchev–Trinajstić information content (AvgIpc) is 3.11. The first-order chi connectivity index (χ1) is 13.0. The predicted octanol–water partition coefficient (Wildman–Crippen LogP) is 5.78. The van der Waals surface area contributed by atoms with Gasteiger partial charge >= 0.3 is 0 Å². The molecule has 0 atom stereocenters. The fourth-order valence-electron chi connectivity index (χ4n) is 2.24. The maximum Gasteiger partial charge on any atom is 0.250 e. The smallest absolute Gasteiger partial charge is 0.250 e. The van der Waals surface area contributed by atoms with E-state index in [1.807, 2.05) is 24.3 Å². The van der Waals surface area contributed by atoms with E-state index in [4.69, 9.17) is 39.8 Å². The SMILES string of the molecule is O=C(C=Cc1ccc(-c2ccc(Cl)cc2)o1)NC(=S)Nc1ccccc1Cl. The van der Waals surface area contributed by atoms with E-state index in [1.54, 1.807) is 42.5 Å². The summed E-state index contributed by atoms with van der Waals surface area (Å²) in [5.74, 6) is 0.840. The molecule has 0 spiro atoms. The summed E-state index contributed by atoms with van der Waals surface area (Å²) in [6.45, 7) is 0. The summed E-state index contributed by atoms with van der Waals surface area (Å²) in [7, 11) is 0. The Hall–Kier alpha value is -2.60. The molecule has 7 heteroatoms. The van der Waals surface area contributed by atoms with Gasteiger partial charge in [-0.05, 0) is 66.8 Å². The highest BCUT2D eigenvalue weighted by molar-refractivity contribution is 7.80. The number of amides is 1. The third kappa shape index (κ3) is 5.44. The van der Waals surface area contributed by atoms with Gasteiger partial charge in [-0.25, -0.2) is 0 Å².